The molecule has 0 spiro atoms. The van der Waals surface area contributed by atoms with E-state index in [0.29, 0.717) is 23.6 Å². The number of fused-ring (bicyclic) bond motifs is 1. The topological polar surface area (TPSA) is 89.0 Å². The summed E-state index contributed by atoms with van der Waals surface area (Å²) in [6, 6.07) is 6.27. The van der Waals surface area contributed by atoms with Gasteiger partial charge in [-0.3, -0.25) is 0 Å². The van der Waals surface area contributed by atoms with E-state index in [0.717, 1.165) is 18.6 Å². The first-order valence-electron chi connectivity index (χ1n) is 9.22. The summed E-state index contributed by atoms with van der Waals surface area (Å²) in [5.41, 5.74) is 0.406. The Bertz CT molecular complexity index is 737. The predicted octanol–water partition coefficient (Wildman–Crippen LogP) is 3.73. The summed E-state index contributed by atoms with van der Waals surface area (Å²) in [6.07, 6.45) is 2.30. The van der Waals surface area contributed by atoms with Gasteiger partial charge in [-0.1, -0.05) is 30.1 Å². The lowest BCUT2D eigenvalue weighted by molar-refractivity contribution is -0.151. The summed E-state index contributed by atoms with van der Waals surface area (Å²) < 4.78 is 5.26. The zero-order valence-electron chi connectivity index (χ0n) is 15.5. The van der Waals surface area contributed by atoms with Crippen LogP contribution in [-0.2, 0) is 14.4 Å². The number of carbonyl (C=O) groups excluding carboxylic acids is 2. The molecule has 2 N–H and O–H groups in total. The lowest BCUT2D eigenvalue weighted by atomic mass is 9.92. The Morgan fingerprint density at radius 2 is 2.04 bits per heavy atom. The van der Waals surface area contributed by atoms with Gasteiger partial charge in [0.05, 0.1) is 12.3 Å². The third-order valence-corrected chi connectivity index (χ3v) is 5.18. The van der Waals surface area contributed by atoms with E-state index in [1.165, 1.54) is 0 Å². The minimum Gasteiger partial charge on any atom is -0.464 e. The number of benzene rings is 1. The second-order valence-corrected chi connectivity index (χ2v) is 7.32. The van der Waals surface area contributed by atoms with E-state index in [9.17, 15) is 9.59 Å². The Kier molecular flexibility index (Phi) is 5.89. The summed E-state index contributed by atoms with van der Waals surface area (Å²) >= 11 is 5.86. The van der Waals surface area contributed by atoms with Gasteiger partial charge in [0.15, 0.2) is 0 Å². The first-order chi connectivity index (χ1) is 13.0. The van der Waals surface area contributed by atoms with Crippen molar-refractivity contribution in [2.45, 2.75) is 51.2 Å². The Morgan fingerprint density at radius 1 is 1.30 bits per heavy atom. The van der Waals surface area contributed by atoms with Gasteiger partial charge in [0.1, 0.15) is 11.6 Å². The van der Waals surface area contributed by atoms with Crippen molar-refractivity contribution in [3.8, 4) is 0 Å². The Labute approximate surface area is 163 Å². The molecular formula is C19H24ClN3O4. The minimum absolute atomic E-state index is 0.0187. The number of nitrogens with zero attached hydrogens (tertiary/aromatic N) is 1. The third kappa shape index (κ3) is 4.18. The number of anilines is 1. The molecule has 1 aliphatic heterocycles. The van der Waals surface area contributed by atoms with E-state index in [1.807, 2.05) is 0 Å². The molecule has 1 fully saturated rings. The first kappa shape index (κ1) is 19.5. The fourth-order valence-electron chi connectivity index (χ4n) is 3.71. The zero-order chi connectivity index (χ0) is 19.4. The van der Waals surface area contributed by atoms with E-state index in [4.69, 9.17) is 21.2 Å². The first-order valence-corrected chi connectivity index (χ1v) is 9.59. The molecule has 0 radical (unpaired) electrons. The van der Waals surface area contributed by atoms with Crippen LogP contribution in [0, 0.1) is 5.92 Å². The fraction of sp³-hybridized carbons (Fsp3) is 0.526. The summed E-state index contributed by atoms with van der Waals surface area (Å²) in [7, 11) is 0. The van der Waals surface area contributed by atoms with E-state index >= 15 is 0 Å². The fourth-order valence-corrected chi connectivity index (χ4v) is 3.84. The second kappa shape index (κ2) is 8.17. The number of urea groups is 1. The number of rotatable bonds is 6. The Hall–Kier alpha value is -2.28. The van der Waals surface area contributed by atoms with Crippen molar-refractivity contribution in [2.24, 2.45) is 11.1 Å². The van der Waals surface area contributed by atoms with Gasteiger partial charge in [-0.25, -0.2) is 9.59 Å². The highest BCUT2D eigenvalue weighted by Crippen LogP contribution is 2.42. The molecule has 1 saturated carbocycles. The van der Waals surface area contributed by atoms with Crippen LogP contribution in [0.1, 0.15) is 39.5 Å². The zero-order valence-corrected chi connectivity index (χ0v) is 16.2. The van der Waals surface area contributed by atoms with Gasteiger partial charge in [-0.05, 0) is 44.0 Å². The molecule has 0 bridgehead atoms. The average molecular weight is 394 g/mol. The molecule has 7 nitrogen and oxygen atoms in total. The molecule has 0 aromatic heterocycles. The van der Waals surface area contributed by atoms with Crippen molar-refractivity contribution in [1.29, 1.82) is 0 Å². The Morgan fingerprint density at radius 3 is 2.70 bits per heavy atom. The molecule has 2 aliphatic rings. The van der Waals surface area contributed by atoms with Crippen LogP contribution in [0.2, 0.25) is 5.02 Å². The van der Waals surface area contributed by atoms with Crippen molar-refractivity contribution in [3.05, 3.63) is 29.3 Å². The van der Waals surface area contributed by atoms with Crippen molar-refractivity contribution >= 4 is 35.0 Å². The predicted molar refractivity (Wildman–Crippen MR) is 103 cm³/mol. The number of hydrogen-bond acceptors (Lipinski definition) is 5. The van der Waals surface area contributed by atoms with Crippen LogP contribution in [0.5, 0.6) is 0 Å². The standard InChI is InChI=1S/C19H24ClN3O4/c1-3-5-15-14-10-19(17(24)26-4-2,11-16(14)27-23-15)22-18(25)21-13-8-6-12(20)7-9-13/h6-9,14,16H,3-5,10-11H2,1-2H3,(H2,21,22,25)/t14-,16-,19-/m0/s1. The lowest BCUT2D eigenvalue weighted by Crippen LogP contribution is -2.55. The average Bonchev–Trinajstić information content (AvgIpc) is 3.17. The molecule has 1 aromatic carbocycles. The van der Waals surface area contributed by atoms with Crippen molar-refractivity contribution in [3.63, 3.8) is 0 Å². The minimum atomic E-state index is -1.13. The van der Waals surface area contributed by atoms with Gasteiger partial charge in [0.25, 0.3) is 0 Å². The van der Waals surface area contributed by atoms with E-state index < -0.39 is 17.5 Å². The molecule has 3 rings (SSSR count). The quantitative estimate of drug-likeness (QED) is 0.720. The molecule has 1 heterocycles. The monoisotopic (exact) mass is 393 g/mol. The van der Waals surface area contributed by atoms with Gasteiger partial charge in [0, 0.05) is 23.0 Å². The van der Waals surface area contributed by atoms with Crippen LogP contribution in [0.15, 0.2) is 29.4 Å². The normalized spacial score (nSPS) is 26.0. The van der Waals surface area contributed by atoms with Crippen LogP contribution >= 0.6 is 11.6 Å². The smallest absolute Gasteiger partial charge is 0.332 e. The number of esters is 1. The number of halogens is 1. The summed E-state index contributed by atoms with van der Waals surface area (Å²) in [6.45, 7) is 4.06. The molecule has 0 unspecified atom stereocenters. The van der Waals surface area contributed by atoms with Gasteiger partial charge in [-0.15, -0.1) is 0 Å². The van der Waals surface area contributed by atoms with E-state index in [-0.39, 0.29) is 18.6 Å². The summed E-state index contributed by atoms with van der Waals surface area (Å²) in [5.74, 6) is -0.421. The maximum atomic E-state index is 12.7. The highest BCUT2D eigenvalue weighted by Gasteiger charge is 2.56. The number of amides is 2. The van der Waals surface area contributed by atoms with Crippen LogP contribution in [0.25, 0.3) is 0 Å². The van der Waals surface area contributed by atoms with Crippen molar-refractivity contribution in [2.75, 3.05) is 11.9 Å². The lowest BCUT2D eigenvalue weighted by Gasteiger charge is -2.28. The number of ether oxygens (including phenoxy) is 1. The third-order valence-electron chi connectivity index (χ3n) is 4.93. The molecule has 0 saturated heterocycles. The maximum Gasteiger partial charge on any atom is 0.332 e. The number of nitrogens with one attached hydrogen (secondary N) is 2. The molecule has 27 heavy (non-hydrogen) atoms. The van der Waals surface area contributed by atoms with Crippen molar-refractivity contribution < 1.29 is 19.2 Å². The van der Waals surface area contributed by atoms with Crippen molar-refractivity contribution in [1.82, 2.24) is 5.32 Å². The van der Waals surface area contributed by atoms with Crippen LogP contribution in [0.3, 0.4) is 0 Å². The number of carbonyl (C=O) groups is 2. The molecule has 3 atom stereocenters. The van der Waals surface area contributed by atoms with Gasteiger partial charge in [0.2, 0.25) is 0 Å². The molecule has 2 amide bonds. The highest BCUT2D eigenvalue weighted by atomic mass is 35.5. The maximum absolute atomic E-state index is 12.7. The number of hydrogen-bond donors (Lipinski definition) is 2. The number of oxime groups is 1. The second-order valence-electron chi connectivity index (χ2n) is 6.88. The van der Waals surface area contributed by atoms with Gasteiger partial charge >= 0.3 is 12.0 Å². The summed E-state index contributed by atoms with van der Waals surface area (Å²) in [4.78, 5) is 30.8. The molecule has 1 aliphatic carbocycles. The van der Waals surface area contributed by atoms with Gasteiger partial charge in [-0.2, -0.15) is 0 Å². The molecule has 1 aromatic rings. The molecule has 8 heteroatoms. The van der Waals surface area contributed by atoms with E-state index in [2.05, 4.69) is 22.7 Å². The molecule has 146 valence electrons. The van der Waals surface area contributed by atoms with Gasteiger partial charge < -0.3 is 20.2 Å². The van der Waals surface area contributed by atoms with Crippen LogP contribution in [0.4, 0.5) is 10.5 Å². The molecular weight excluding hydrogens is 370 g/mol. The van der Waals surface area contributed by atoms with Crippen LogP contribution in [-0.4, -0.2) is 36.0 Å². The SMILES string of the molecule is CCCC1=NO[C@H]2C[C@](NC(=O)Nc3ccc(Cl)cc3)(C(=O)OCC)C[C@@H]12. The Balaban J connectivity index is 1.74. The highest BCUT2D eigenvalue weighted by molar-refractivity contribution is 6.30. The largest absolute Gasteiger partial charge is 0.464 e. The van der Waals surface area contributed by atoms with E-state index in [1.54, 1.807) is 31.2 Å². The summed E-state index contributed by atoms with van der Waals surface area (Å²) in [5, 5.41) is 10.3. The van der Waals surface area contributed by atoms with Crippen LogP contribution < -0.4 is 10.6 Å².